The first-order valence-corrected chi connectivity index (χ1v) is 6.79. The van der Waals surface area contributed by atoms with Crippen LogP contribution in [-0.4, -0.2) is 16.6 Å². The van der Waals surface area contributed by atoms with Crippen molar-refractivity contribution in [3.05, 3.63) is 40.8 Å². The maximum absolute atomic E-state index is 5.63. The van der Waals surface area contributed by atoms with Crippen molar-refractivity contribution in [2.75, 3.05) is 6.61 Å². The SMILES string of the molecule is CCOc1ccccc1-c1cc(Br)nc(CC)n1. The lowest BCUT2D eigenvalue weighted by molar-refractivity contribution is 0.341. The zero-order valence-electron chi connectivity index (χ0n) is 10.5. The molecule has 0 aliphatic carbocycles. The zero-order chi connectivity index (χ0) is 13.0. The van der Waals surface area contributed by atoms with Gasteiger partial charge in [0, 0.05) is 12.0 Å². The summed E-state index contributed by atoms with van der Waals surface area (Å²) < 4.78 is 6.43. The van der Waals surface area contributed by atoms with E-state index in [1.807, 2.05) is 44.2 Å². The van der Waals surface area contributed by atoms with Gasteiger partial charge in [-0.15, -0.1) is 0 Å². The number of rotatable bonds is 4. The van der Waals surface area contributed by atoms with Crippen LogP contribution in [0.4, 0.5) is 0 Å². The van der Waals surface area contributed by atoms with E-state index in [9.17, 15) is 0 Å². The summed E-state index contributed by atoms with van der Waals surface area (Å²) in [5.41, 5.74) is 1.88. The number of ether oxygens (including phenoxy) is 1. The standard InChI is InChI=1S/C14H15BrN2O/c1-3-14-16-11(9-13(15)17-14)10-7-5-6-8-12(10)18-4-2/h5-9H,3-4H2,1-2H3. The molecule has 0 unspecified atom stereocenters. The molecule has 0 amide bonds. The van der Waals surface area contributed by atoms with Crippen LogP contribution in [0.2, 0.25) is 0 Å². The fourth-order valence-electron chi connectivity index (χ4n) is 1.72. The molecule has 0 saturated heterocycles. The predicted octanol–water partition coefficient (Wildman–Crippen LogP) is 3.87. The van der Waals surface area contributed by atoms with Crippen molar-refractivity contribution in [1.82, 2.24) is 9.97 Å². The Bertz CT molecular complexity index is 543. The molecule has 0 spiro atoms. The van der Waals surface area contributed by atoms with E-state index in [4.69, 9.17) is 4.74 Å². The van der Waals surface area contributed by atoms with Crippen molar-refractivity contribution in [3.8, 4) is 17.0 Å². The minimum Gasteiger partial charge on any atom is -0.493 e. The Labute approximate surface area is 115 Å². The summed E-state index contributed by atoms with van der Waals surface area (Å²) in [7, 11) is 0. The maximum atomic E-state index is 5.63. The van der Waals surface area contributed by atoms with Gasteiger partial charge in [0.1, 0.15) is 16.2 Å². The summed E-state index contributed by atoms with van der Waals surface area (Å²) in [5, 5.41) is 0. The van der Waals surface area contributed by atoms with Gasteiger partial charge in [-0.05, 0) is 41.1 Å². The van der Waals surface area contributed by atoms with Gasteiger partial charge in [0.2, 0.25) is 0 Å². The van der Waals surface area contributed by atoms with E-state index < -0.39 is 0 Å². The summed E-state index contributed by atoms with van der Waals surface area (Å²) in [5.74, 6) is 1.68. The van der Waals surface area contributed by atoms with Crippen LogP contribution in [0.25, 0.3) is 11.3 Å². The molecule has 1 aromatic heterocycles. The molecular weight excluding hydrogens is 292 g/mol. The molecule has 0 fully saturated rings. The van der Waals surface area contributed by atoms with Crippen LogP contribution in [-0.2, 0) is 6.42 Å². The highest BCUT2D eigenvalue weighted by molar-refractivity contribution is 9.10. The van der Waals surface area contributed by atoms with E-state index in [-0.39, 0.29) is 0 Å². The summed E-state index contributed by atoms with van der Waals surface area (Å²) in [4.78, 5) is 8.86. The Balaban J connectivity index is 2.50. The molecule has 0 radical (unpaired) electrons. The molecule has 2 rings (SSSR count). The molecule has 18 heavy (non-hydrogen) atoms. The van der Waals surface area contributed by atoms with Gasteiger partial charge in [-0.3, -0.25) is 0 Å². The van der Waals surface area contributed by atoms with Crippen LogP contribution in [0, 0.1) is 0 Å². The van der Waals surface area contributed by atoms with Gasteiger partial charge in [-0.25, -0.2) is 9.97 Å². The van der Waals surface area contributed by atoms with Crippen LogP contribution < -0.4 is 4.74 Å². The minimum absolute atomic E-state index is 0.643. The molecule has 94 valence electrons. The Hall–Kier alpha value is -1.42. The van der Waals surface area contributed by atoms with Gasteiger partial charge in [-0.1, -0.05) is 19.1 Å². The van der Waals surface area contributed by atoms with Gasteiger partial charge in [-0.2, -0.15) is 0 Å². The Morgan fingerprint density at radius 2 is 1.94 bits per heavy atom. The van der Waals surface area contributed by atoms with E-state index in [1.54, 1.807) is 0 Å². The maximum Gasteiger partial charge on any atom is 0.130 e. The lowest BCUT2D eigenvalue weighted by atomic mass is 10.1. The fourth-order valence-corrected chi connectivity index (χ4v) is 2.14. The molecule has 2 aromatic rings. The average Bonchev–Trinajstić information content (AvgIpc) is 2.39. The molecule has 1 aromatic carbocycles. The number of halogens is 1. The second-order valence-corrected chi connectivity index (χ2v) is 4.59. The molecule has 1 heterocycles. The first-order chi connectivity index (χ1) is 8.74. The van der Waals surface area contributed by atoms with E-state index in [1.165, 1.54) is 0 Å². The number of aromatic nitrogens is 2. The van der Waals surface area contributed by atoms with Crippen molar-refractivity contribution in [1.29, 1.82) is 0 Å². The highest BCUT2D eigenvalue weighted by Gasteiger charge is 2.09. The molecule has 0 bridgehead atoms. The monoisotopic (exact) mass is 306 g/mol. The third-order valence-corrected chi connectivity index (χ3v) is 2.93. The molecule has 4 heteroatoms. The number of hydrogen-bond acceptors (Lipinski definition) is 3. The molecular formula is C14H15BrN2O. The number of benzene rings is 1. The van der Waals surface area contributed by atoms with Crippen molar-refractivity contribution < 1.29 is 4.74 Å². The number of para-hydroxylation sites is 1. The van der Waals surface area contributed by atoms with Gasteiger partial charge in [0.05, 0.1) is 12.3 Å². The number of aryl methyl sites for hydroxylation is 1. The zero-order valence-corrected chi connectivity index (χ0v) is 12.1. The Morgan fingerprint density at radius 1 is 1.17 bits per heavy atom. The van der Waals surface area contributed by atoms with Crippen LogP contribution in [0.5, 0.6) is 5.75 Å². The van der Waals surface area contributed by atoms with Crippen LogP contribution in [0.15, 0.2) is 34.9 Å². The topological polar surface area (TPSA) is 35.0 Å². The normalized spacial score (nSPS) is 10.4. The average molecular weight is 307 g/mol. The second kappa shape index (κ2) is 5.96. The van der Waals surface area contributed by atoms with E-state index in [0.29, 0.717) is 6.61 Å². The quantitative estimate of drug-likeness (QED) is 0.804. The van der Waals surface area contributed by atoms with Crippen LogP contribution in [0.1, 0.15) is 19.7 Å². The number of hydrogen-bond donors (Lipinski definition) is 0. The third kappa shape index (κ3) is 2.88. The highest BCUT2D eigenvalue weighted by Crippen LogP contribution is 2.29. The summed E-state index contributed by atoms with van der Waals surface area (Å²) in [6.45, 7) is 4.66. The molecule has 0 aliphatic heterocycles. The van der Waals surface area contributed by atoms with Gasteiger partial charge in [0.15, 0.2) is 0 Å². The van der Waals surface area contributed by atoms with Gasteiger partial charge < -0.3 is 4.74 Å². The molecule has 0 atom stereocenters. The van der Waals surface area contributed by atoms with E-state index in [0.717, 1.165) is 33.9 Å². The Kier molecular flexibility index (Phi) is 4.31. The van der Waals surface area contributed by atoms with Crippen molar-refractivity contribution >= 4 is 15.9 Å². The molecule has 0 saturated carbocycles. The van der Waals surface area contributed by atoms with Gasteiger partial charge >= 0.3 is 0 Å². The molecule has 0 aliphatic rings. The highest BCUT2D eigenvalue weighted by atomic mass is 79.9. The summed E-state index contributed by atoms with van der Waals surface area (Å²) in [6.07, 6.45) is 0.809. The lowest BCUT2D eigenvalue weighted by Gasteiger charge is -2.10. The van der Waals surface area contributed by atoms with Crippen LogP contribution in [0.3, 0.4) is 0 Å². The number of nitrogens with zero attached hydrogens (tertiary/aromatic N) is 2. The third-order valence-electron chi connectivity index (χ3n) is 2.52. The summed E-state index contributed by atoms with van der Waals surface area (Å²) >= 11 is 3.42. The molecule has 0 N–H and O–H groups in total. The smallest absolute Gasteiger partial charge is 0.130 e. The predicted molar refractivity (Wildman–Crippen MR) is 75.7 cm³/mol. The minimum atomic E-state index is 0.643. The largest absolute Gasteiger partial charge is 0.493 e. The molecule has 3 nitrogen and oxygen atoms in total. The van der Waals surface area contributed by atoms with E-state index >= 15 is 0 Å². The van der Waals surface area contributed by atoms with Crippen LogP contribution >= 0.6 is 15.9 Å². The first kappa shape index (κ1) is 13.0. The second-order valence-electron chi connectivity index (χ2n) is 3.77. The lowest BCUT2D eigenvalue weighted by Crippen LogP contribution is -1.98. The fraction of sp³-hybridized carbons (Fsp3) is 0.286. The van der Waals surface area contributed by atoms with Crippen molar-refractivity contribution in [2.45, 2.75) is 20.3 Å². The van der Waals surface area contributed by atoms with E-state index in [2.05, 4.69) is 25.9 Å². The van der Waals surface area contributed by atoms with Crippen molar-refractivity contribution in [2.24, 2.45) is 0 Å². The first-order valence-electron chi connectivity index (χ1n) is 6.00. The summed E-state index contributed by atoms with van der Waals surface area (Å²) in [6, 6.07) is 9.83. The van der Waals surface area contributed by atoms with Crippen molar-refractivity contribution in [3.63, 3.8) is 0 Å². The van der Waals surface area contributed by atoms with Gasteiger partial charge in [0.25, 0.3) is 0 Å². The Morgan fingerprint density at radius 3 is 2.67 bits per heavy atom.